The summed E-state index contributed by atoms with van der Waals surface area (Å²) in [4.78, 5) is 0. The van der Waals surface area contributed by atoms with E-state index in [0.717, 1.165) is 0 Å². The molecule has 5 atom stereocenters. The van der Waals surface area contributed by atoms with Crippen LogP contribution >= 0.6 is 0 Å². The Kier molecular flexibility index (Phi) is 3.85. The summed E-state index contributed by atoms with van der Waals surface area (Å²) in [7, 11) is -9.85. The van der Waals surface area contributed by atoms with Crippen molar-refractivity contribution in [2.24, 2.45) is 0 Å². The Hall–Kier alpha value is -0.380. The Bertz CT molecular complexity index is 490. The van der Waals surface area contributed by atoms with Crippen LogP contribution in [0.2, 0.25) is 0 Å². The second-order valence-corrected chi connectivity index (χ2v) is 5.94. The Morgan fingerprint density at radius 2 is 1.53 bits per heavy atom. The molecule has 0 aliphatic carbocycles. The number of ether oxygens (including phenoxy) is 2. The van der Waals surface area contributed by atoms with Crippen molar-refractivity contribution in [1.29, 1.82) is 0 Å². The van der Waals surface area contributed by atoms with Gasteiger partial charge in [-0.25, -0.2) is 8.37 Å². The fourth-order valence-electron chi connectivity index (χ4n) is 1.85. The van der Waals surface area contributed by atoms with Crippen molar-refractivity contribution in [3.05, 3.63) is 0 Å². The lowest BCUT2D eigenvalue weighted by molar-refractivity contribution is -0.215. The molecule has 0 saturated carbocycles. The van der Waals surface area contributed by atoms with Gasteiger partial charge in [-0.2, -0.15) is 16.8 Å². The normalized spacial score (nSPS) is 39.4. The average molecular weight is 322 g/mol. The Morgan fingerprint density at radius 3 is 2.05 bits per heavy atom. The topological polar surface area (TPSA) is 166 Å². The first-order chi connectivity index (χ1) is 8.57. The van der Waals surface area contributed by atoms with E-state index in [1.165, 1.54) is 0 Å². The lowest BCUT2D eigenvalue weighted by atomic mass is 10.0. The summed E-state index contributed by atoms with van der Waals surface area (Å²) in [6.45, 7) is -0.215. The molecule has 13 heteroatoms. The molecule has 0 aromatic carbocycles. The lowest BCUT2D eigenvalue weighted by Crippen LogP contribution is -2.56. The quantitative estimate of drug-likeness (QED) is 0.467. The molecule has 2 aliphatic rings. The molecule has 2 unspecified atom stereocenters. The number of hydrogen-bond donors (Lipinski definition) is 3. The Balaban J connectivity index is 2.22. The first kappa shape index (κ1) is 15.0. The van der Waals surface area contributed by atoms with Gasteiger partial charge in [-0.1, -0.05) is 0 Å². The van der Waals surface area contributed by atoms with E-state index in [4.69, 9.17) is 18.6 Å². The minimum Gasteiger partial charge on any atom is -0.387 e. The fraction of sp³-hybridized carbons (Fsp3) is 1.00. The van der Waals surface area contributed by atoms with Crippen LogP contribution in [-0.2, 0) is 38.6 Å². The van der Waals surface area contributed by atoms with E-state index in [1.54, 1.807) is 0 Å². The zero-order valence-corrected chi connectivity index (χ0v) is 10.7. The van der Waals surface area contributed by atoms with E-state index in [1.807, 2.05) is 0 Å². The van der Waals surface area contributed by atoms with Gasteiger partial charge in [0.25, 0.3) is 0 Å². The van der Waals surface area contributed by atoms with E-state index >= 15 is 0 Å². The first-order valence-corrected chi connectivity index (χ1v) is 7.56. The van der Waals surface area contributed by atoms with Gasteiger partial charge in [0.2, 0.25) is 0 Å². The molecule has 2 heterocycles. The maximum Gasteiger partial charge on any atom is 0.397 e. The van der Waals surface area contributed by atoms with Crippen LogP contribution in [0.1, 0.15) is 0 Å². The molecular formula is C6H10O11S2. The fourth-order valence-corrected chi connectivity index (χ4v) is 2.86. The van der Waals surface area contributed by atoms with Gasteiger partial charge in [-0.05, 0) is 0 Å². The van der Waals surface area contributed by atoms with E-state index in [9.17, 15) is 21.9 Å². The standard InChI is InChI=1S/C6H10O11S2/c7-3-4(16-18(8,9)10)2-1-14-6(15-2)5(3)17-19(11,12)13/h2-7H,1H2,(H,8,9,10)(H,11,12,13)/t2?,3-,4+,5?,6+/m0/s1. The lowest BCUT2D eigenvalue weighted by Gasteiger charge is -2.35. The summed E-state index contributed by atoms with van der Waals surface area (Å²) in [5, 5.41) is 9.78. The van der Waals surface area contributed by atoms with Crippen LogP contribution in [0.15, 0.2) is 0 Å². The molecule has 3 N–H and O–H groups in total. The van der Waals surface area contributed by atoms with Crippen molar-refractivity contribution in [2.45, 2.75) is 30.7 Å². The number of rotatable bonds is 4. The van der Waals surface area contributed by atoms with Gasteiger partial charge in [0.1, 0.15) is 18.3 Å². The Labute approximate surface area is 107 Å². The molecule has 2 aliphatic heterocycles. The minimum atomic E-state index is -4.94. The molecule has 0 amide bonds. The van der Waals surface area contributed by atoms with Gasteiger partial charge in [0, 0.05) is 0 Å². The number of aliphatic hydroxyl groups is 1. The van der Waals surface area contributed by atoms with Crippen LogP contribution in [-0.4, -0.2) is 68.4 Å². The van der Waals surface area contributed by atoms with Crippen LogP contribution in [0, 0.1) is 0 Å². The van der Waals surface area contributed by atoms with Crippen LogP contribution in [0.5, 0.6) is 0 Å². The highest BCUT2D eigenvalue weighted by molar-refractivity contribution is 7.81. The summed E-state index contributed by atoms with van der Waals surface area (Å²) >= 11 is 0. The van der Waals surface area contributed by atoms with Crippen LogP contribution in [0.25, 0.3) is 0 Å². The van der Waals surface area contributed by atoms with E-state index in [0.29, 0.717) is 0 Å². The van der Waals surface area contributed by atoms with E-state index < -0.39 is 51.5 Å². The Morgan fingerprint density at radius 1 is 1.00 bits per heavy atom. The van der Waals surface area contributed by atoms with Crippen molar-refractivity contribution < 1.29 is 48.9 Å². The van der Waals surface area contributed by atoms with Crippen LogP contribution < -0.4 is 0 Å². The monoisotopic (exact) mass is 322 g/mol. The van der Waals surface area contributed by atoms with E-state index in [-0.39, 0.29) is 6.61 Å². The van der Waals surface area contributed by atoms with Crippen molar-refractivity contribution in [2.75, 3.05) is 6.61 Å². The van der Waals surface area contributed by atoms with Gasteiger partial charge >= 0.3 is 20.8 Å². The number of fused-ring (bicyclic) bond motifs is 2. The molecule has 0 aromatic heterocycles. The molecule has 0 radical (unpaired) electrons. The van der Waals surface area contributed by atoms with Crippen LogP contribution in [0.4, 0.5) is 0 Å². The molecule has 0 aromatic rings. The zero-order chi connectivity index (χ0) is 14.4. The number of hydrogen-bond acceptors (Lipinski definition) is 9. The van der Waals surface area contributed by atoms with Gasteiger partial charge in [0.15, 0.2) is 12.4 Å². The second kappa shape index (κ2) is 4.87. The van der Waals surface area contributed by atoms with Crippen molar-refractivity contribution in [3.63, 3.8) is 0 Å². The second-order valence-electron chi connectivity index (χ2n) is 3.84. The molecule has 11 nitrogen and oxygen atoms in total. The predicted molar refractivity (Wildman–Crippen MR) is 53.5 cm³/mol. The summed E-state index contributed by atoms with van der Waals surface area (Å²) in [6, 6.07) is 0. The molecule has 2 saturated heterocycles. The van der Waals surface area contributed by atoms with Gasteiger partial charge in [0.05, 0.1) is 6.61 Å². The molecule has 112 valence electrons. The van der Waals surface area contributed by atoms with Crippen molar-refractivity contribution in [3.8, 4) is 0 Å². The predicted octanol–water partition coefficient (Wildman–Crippen LogP) is -2.52. The van der Waals surface area contributed by atoms with Crippen molar-refractivity contribution >= 4 is 20.8 Å². The zero-order valence-electron chi connectivity index (χ0n) is 9.02. The summed E-state index contributed by atoms with van der Waals surface area (Å²) in [5.74, 6) is 0. The molecule has 2 fully saturated rings. The minimum absolute atomic E-state index is 0.215. The average Bonchev–Trinajstić information content (AvgIpc) is 2.63. The third-order valence-electron chi connectivity index (χ3n) is 2.51. The van der Waals surface area contributed by atoms with Gasteiger partial charge < -0.3 is 14.6 Å². The summed E-state index contributed by atoms with van der Waals surface area (Å²) in [5.41, 5.74) is 0. The summed E-state index contributed by atoms with van der Waals surface area (Å²) < 4.78 is 77.8. The molecule has 0 spiro atoms. The largest absolute Gasteiger partial charge is 0.397 e. The molecule has 2 rings (SSSR count). The SMILES string of the molecule is O=S(=O)(O)OC1[C@@H]2OCC(O2)[C@@H](OS(=O)(=O)O)[C@@H]1O. The van der Waals surface area contributed by atoms with E-state index in [2.05, 4.69) is 8.37 Å². The first-order valence-electron chi connectivity index (χ1n) is 4.83. The molecular weight excluding hydrogens is 312 g/mol. The van der Waals surface area contributed by atoms with Crippen LogP contribution in [0.3, 0.4) is 0 Å². The molecule has 2 bridgehead atoms. The van der Waals surface area contributed by atoms with Crippen molar-refractivity contribution in [1.82, 2.24) is 0 Å². The van der Waals surface area contributed by atoms with Gasteiger partial charge in [-0.3, -0.25) is 9.11 Å². The molecule has 19 heavy (non-hydrogen) atoms. The van der Waals surface area contributed by atoms with Gasteiger partial charge in [-0.15, -0.1) is 0 Å². The summed E-state index contributed by atoms with van der Waals surface area (Å²) in [6.07, 6.45) is -7.55. The smallest absolute Gasteiger partial charge is 0.387 e. The maximum atomic E-state index is 10.6. The third-order valence-corrected chi connectivity index (χ3v) is 3.44. The highest BCUT2D eigenvalue weighted by Gasteiger charge is 2.54. The highest BCUT2D eigenvalue weighted by Crippen LogP contribution is 2.32. The number of aliphatic hydroxyl groups excluding tert-OH is 1. The third kappa shape index (κ3) is 3.59. The highest BCUT2D eigenvalue weighted by atomic mass is 32.3. The maximum absolute atomic E-state index is 10.6.